The van der Waals surface area contributed by atoms with Crippen LogP contribution in [0.5, 0.6) is 0 Å². The molecular weight excluding hydrogens is 477 g/mol. The highest BCUT2D eigenvalue weighted by Crippen LogP contribution is 2.46. The minimum Gasteiger partial charge on any atom is -0.338 e. The monoisotopic (exact) mass is 513 g/mol. The Bertz CT molecular complexity index is 1280. The minimum absolute atomic E-state index is 0.0306. The van der Waals surface area contributed by atoms with Crippen LogP contribution in [0.15, 0.2) is 66.4 Å². The first kappa shape index (κ1) is 24.9. The van der Waals surface area contributed by atoms with Crippen LogP contribution in [0.2, 0.25) is 0 Å². The summed E-state index contributed by atoms with van der Waals surface area (Å²) in [6.07, 6.45) is 10.5. The SMILES string of the molecule is O=C(NCC1CCNCC1)NC(C[C@H]1CCC2=Cc3c(cnn3-c3ccc(F)cc3)CC21)c1ccccc1. The second-order valence-corrected chi connectivity index (χ2v) is 11.0. The first-order valence-electron chi connectivity index (χ1n) is 14.0. The zero-order chi connectivity index (χ0) is 25.9. The van der Waals surface area contributed by atoms with E-state index < -0.39 is 0 Å². The Morgan fingerprint density at radius 1 is 1.08 bits per heavy atom. The van der Waals surface area contributed by atoms with E-state index in [2.05, 4.69) is 39.3 Å². The first-order valence-corrected chi connectivity index (χ1v) is 14.0. The number of hydrogen-bond donors (Lipinski definition) is 3. The third-order valence-electron chi connectivity index (χ3n) is 8.62. The number of benzene rings is 2. The number of aromatic nitrogens is 2. The molecule has 2 unspecified atom stereocenters. The third kappa shape index (κ3) is 5.39. The topological polar surface area (TPSA) is 71.0 Å². The van der Waals surface area contributed by atoms with Crippen molar-refractivity contribution in [3.63, 3.8) is 0 Å². The molecule has 2 aromatic carbocycles. The van der Waals surface area contributed by atoms with Gasteiger partial charge in [-0.05, 0) is 111 Å². The average Bonchev–Trinajstić information content (AvgIpc) is 3.55. The Hall–Kier alpha value is -3.45. The molecule has 3 aliphatic rings. The lowest BCUT2D eigenvalue weighted by Crippen LogP contribution is -2.42. The molecule has 2 amide bonds. The van der Waals surface area contributed by atoms with Crippen molar-refractivity contribution in [2.75, 3.05) is 19.6 Å². The van der Waals surface area contributed by atoms with Gasteiger partial charge in [-0.1, -0.05) is 35.9 Å². The summed E-state index contributed by atoms with van der Waals surface area (Å²) in [5.74, 6) is 1.25. The molecule has 0 bridgehead atoms. The van der Waals surface area contributed by atoms with Crippen LogP contribution in [0.4, 0.5) is 9.18 Å². The molecule has 2 heterocycles. The fraction of sp³-hybridized carbons (Fsp3) is 0.419. The summed E-state index contributed by atoms with van der Waals surface area (Å²) in [7, 11) is 0. The fourth-order valence-electron chi connectivity index (χ4n) is 6.50. The lowest BCUT2D eigenvalue weighted by molar-refractivity contribution is 0.228. The Labute approximate surface area is 223 Å². The van der Waals surface area contributed by atoms with E-state index in [-0.39, 0.29) is 17.9 Å². The molecule has 1 saturated heterocycles. The van der Waals surface area contributed by atoms with E-state index in [4.69, 9.17) is 0 Å². The number of amides is 2. The lowest BCUT2D eigenvalue weighted by atomic mass is 9.80. The second kappa shape index (κ2) is 11.1. The van der Waals surface area contributed by atoms with E-state index in [0.717, 1.165) is 75.1 Å². The summed E-state index contributed by atoms with van der Waals surface area (Å²) in [5, 5.41) is 14.5. The predicted octanol–water partition coefficient (Wildman–Crippen LogP) is 5.41. The molecule has 6 rings (SSSR count). The van der Waals surface area contributed by atoms with Gasteiger partial charge in [0.15, 0.2) is 0 Å². The molecular formula is C31H36FN5O. The standard InChI is InChI=1S/C31H36FN5O/c32-26-8-10-27(11-9-26)37-30-18-24-7-6-23(28(24)16-25(30)20-35-37)17-29(22-4-2-1-3-5-22)36-31(38)34-19-21-12-14-33-15-13-21/h1-5,8-11,18,20-21,23,28-29,33H,6-7,12-17,19H2,(H2,34,36,38)/t23-,28?,29?/m1/s1. The van der Waals surface area contributed by atoms with Crippen LogP contribution in [-0.4, -0.2) is 35.4 Å². The van der Waals surface area contributed by atoms with Gasteiger partial charge in [0.05, 0.1) is 23.6 Å². The van der Waals surface area contributed by atoms with Crippen molar-refractivity contribution in [1.29, 1.82) is 0 Å². The van der Waals surface area contributed by atoms with Crippen LogP contribution in [0.25, 0.3) is 11.8 Å². The molecule has 0 radical (unpaired) electrons. The number of nitrogens with one attached hydrogen (secondary N) is 3. The van der Waals surface area contributed by atoms with E-state index in [1.54, 1.807) is 12.1 Å². The van der Waals surface area contributed by atoms with Crippen molar-refractivity contribution in [1.82, 2.24) is 25.7 Å². The molecule has 3 aromatic rings. The van der Waals surface area contributed by atoms with Gasteiger partial charge < -0.3 is 16.0 Å². The fourth-order valence-corrected chi connectivity index (χ4v) is 6.50. The molecule has 0 spiro atoms. The summed E-state index contributed by atoms with van der Waals surface area (Å²) >= 11 is 0. The lowest BCUT2D eigenvalue weighted by Gasteiger charge is -2.29. The number of carbonyl (C=O) groups excluding carboxylic acids is 1. The summed E-state index contributed by atoms with van der Waals surface area (Å²) in [6.45, 7) is 2.79. The predicted molar refractivity (Wildman–Crippen MR) is 147 cm³/mol. The zero-order valence-electron chi connectivity index (χ0n) is 21.7. The van der Waals surface area contributed by atoms with E-state index in [1.165, 1.54) is 23.3 Å². The second-order valence-electron chi connectivity index (χ2n) is 11.0. The highest BCUT2D eigenvalue weighted by Gasteiger charge is 2.37. The Kier molecular flexibility index (Phi) is 7.27. The van der Waals surface area contributed by atoms with Crippen LogP contribution >= 0.6 is 0 Å². The number of nitrogens with zero attached hydrogens (tertiary/aromatic N) is 2. The van der Waals surface area contributed by atoms with Crippen molar-refractivity contribution in [3.05, 3.63) is 89.0 Å². The molecule has 1 aliphatic heterocycles. The van der Waals surface area contributed by atoms with Crippen molar-refractivity contribution < 1.29 is 9.18 Å². The molecule has 198 valence electrons. The van der Waals surface area contributed by atoms with Crippen molar-refractivity contribution >= 4 is 12.1 Å². The Morgan fingerprint density at radius 2 is 1.87 bits per heavy atom. The molecule has 1 saturated carbocycles. The number of allylic oxidation sites excluding steroid dienone is 1. The smallest absolute Gasteiger partial charge is 0.315 e. The molecule has 1 aromatic heterocycles. The number of halogens is 1. The number of hydrogen-bond acceptors (Lipinski definition) is 3. The van der Waals surface area contributed by atoms with Gasteiger partial charge in [-0.3, -0.25) is 0 Å². The molecule has 3 atom stereocenters. The highest BCUT2D eigenvalue weighted by atomic mass is 19.1. The number of urea groups is 1. The largest absolute Gasteiger partial charge is 0.338 e. The highest BCUT2D eigenvalue weighted by molar-refractivity contribution is 5.74. The van der Waals surface area contributed by atoms with Gasteiger partial charge in [0, 0.05) is 6.54 Å². The summed E-state index contributed by atoms with van der Waals surface area (Å²) < 4.78 is 15.4. The summed E-state index contributed by atoms with van der Waals surface area (Å²) in [4.78, 5) is 13.0. The van der Waals surface area contributed by atoms with E-state index in [0.29, 0.717) is 17.8 Å². The van der Waals surface area contributed by atoms with Gasteiger partial charge in [-0.15, -0.1) is 0 Å². The maximum atomic E-state index is 13.4. The number of fused-ring (bicyclic) bond motifs is 2. The van der Waals surface area contributed by atoms with E-state index >= 15 is 0 Å². The maximum Gasteiger partial charge on any atom is 0.315 e. The molecule has 2 aliphatic carbocycles. The first-order chi connectivity index (χ1) is 18.6. The molecule has 3 N–H and O–H groups in total. The van der Waals surface area contributed by atoms with Crippen LogP contribution in [0.1, 0.15) is 55.0 Å². The molecule has 6 nitrogen and oxygen atoms in total. The number of piperidine rings is 1. The zero-order valence-corrected chi connectivity index (χ0v) is 21.7. The normalized spacial score (nSPS) is 21.8. The average molecular weight is 514 g/mol. The van der Waals surface area contributed by atoms with Gasteiger partial charge in [0.2, 0.25) is 0 Å². The van der Waals surface area contributed by atoms with Crippen LogP contribution < -0.4 is 16.0 Å². The van der Waals surface area contributed by atoms with Crippen molar-refractivity contribution in [2.45, 2.75) is 44.6 Å². The van der Waals surface area contributed by atoms with Crippen LogP contribution in [0.3, 0.4) is 0 Å². The molecule has 2 fully saturated rings. The maximum absolute atomic E-state index is 13.4. The van der Waals surface area contributed by atoms with Gasteiger partial charge in [0.1, 0.15) is 5.82 Å². The van der Waals surface area contributed by atoms with Gasteiger partial charge in [-0.2, -0.15) is 5.10 Å². The molecule has 38 heavy (non-hydrogen) atoms. The van der Waals surface area contributed by atoms with E-state index in [9.17, 15) is 9.18 Å². The van der Waals surface area contributed by atoms with Gasteiger partial charge in [0.25, 0.3) is 0 Å². The number of rotatable bonds is 7. The molecule has 7 heteroatoms. The van der Waals surface area contributed by atoms with Crippen molar-refractivity contribution in [3.8, 4) is 5.69 Å². The quantitative estimate of drug-likeness (QED) is 0.396. The van der Waals surface area contributed by atoms with Crippen LogP contribution in [-0.2, 0) is 6.42 Å². The minimum atomic E-state index is -0.242. The van der Waals surface area contributed by atoms with Crippen molar-refractivity contribution in [2.24, 2.45) is 17.8 Å². The Balaban J connectivity index is 1.15. The Morgan fingerprint density at radius 3 is 2.66 bits per heavy atom. The summed E-state index contributed by atoms with van der Waals surface area (Å²) in [6, 6.07) is 16.8. The van der Waals surface area contributed by atoms with Gasteiger partial charge in [-0.25, -0.2) is 13.9 Å². The van der Waals surface area contributed by atoms with Gasteiger partial charge >= 0.3 is 6.03 Å². The third-order valence-corrected chi connectivity index (χ3v) is 8.62. The van der Waals surface area contributed by atoms with E-state index in [1.807, 2.05) is 29.1 Å². The summed E-state index contributed by atoms with van der Waals surface area (Å²) in [5.41, 5.74) is 5.84. The number of carbonyl (C=O) groups is 1. The van der Waals surface area contributed by atoms with Crippen LogP contribution in [0, 0.1) is 23.6 Å².